The predicted octanol–water partition coefficient (Wildman–Crippen LogP) is 5.00. The summed E-state index contributed by atoms with van der Waals surface area (Å²) in [5.74, 6) is -0.387. The van der Waals surface area contributed by atoms with Gasteiger partial charge in [0.05, 0.1) is 24.1 Å². The molecule has 2 aromatic carbocycles. The van der Waals surface area contributed by atoms with Gasteiger partial charge in [0, 0.05) is 18.0 Å². The van der Waals surface area contributed by atoms with Gasteiger partial charge in [0.25, 0.3) is 0 Å². The molecular formula is C24H17N3O2. The van der Waals surface area contributed by atoms with Crippen molar-refractivity contribution in [2.45, 2.75) is 0 Å². The fraction of sp³-hybridized carbons (Fsp3) is 0.0417. The number of aromatic nitrogens is 3. The smallest absolute Gasteiger partial charge is 0.338 e. The Labute approximate surface area is 167 Å². The van der Waals surface area contributed by atoms with Crippen LogP contribution >= 0.6 is 0 Å². The van der Waals surface area contributed by atoms with Crippen LogP contribution in [0.2, 0.25) is 0 Å². The molecule has 0 aliphatic rings. The number of fused-ring (bicyclic) bond motifs is 2. The molecule has 0 saturated carbocycles. The molecule has 0 saturated heterocycles. The van der Waals surface area contributed by atoms with Crippen molar-refractivity contribution >= 4 is 22.4 Å². The van der Waals surface area contributed by atoms with Crippen LogP contribution in [0.15, 0.2) is 85.2 Å². The molecule has 29 heavy (non-hydrogen) atoms. The van der Waals surface area contributed by atoms with Crippen molar-refractivity contribution in [3.8, 4) is 22.6 Å². The van der Waals surface area contributed by atoms with E-state index in [0.717, 1.165) is 28.0 Å². The largest absolute Gasteiger partial charge is 0.465 e. The SMILES string of the molecule is COC(=O)c1ccn2c(-c3ccc4ccccc4c3)c(-c3ccccn3)nc2c1. The van der Waals surface area contributed by atoms with E-state index in [-0.39, 0.29) is 5.97 Å². The van der Waals surface area contributed by atoms with Gasteiger partial charge in [-0.05, 0) is 41.1 Å². The lowest BCUT2D eigenvalue weighted by atomic mass is 10.0. The molecule has 0 unspecified atom stereocenters. The second kappa shape index (κ2) is 6.87. The van der Waals surface area contributed by atoms with Crippen LogP contribution in [-0.4, -0.2) is 27.4 Å². The molecule has 0 atom stereocenters. The first-order valence-electron chi connectivity index (χ1n) is 9.25. The lowest BCUT2D eigenvalue weighted by Crippen LogP contribution is -2.02. The molecule has 0 aliphatic heterocycles. The van der Waals surface area contributed by atoms with Crippen LogP contribution in [0.1, 0.15) is 10.4 Å². The van der Waals surface area contributed by atoms with E-state index in [9.17, 15) is 4.79 Å². The van der Waals surface area contributed by atoms with Crippen molar-refractivity contribution in [1.82, 2.24) is 14.4 Å². The Bertz CT molecular complexity index is 1360. The van der Waals surface area contributed by atoms with Gasteiger partial charge >= 0.3 is 5.97 Å². The van der Waals surface area contributed by atoms with Crippen molar-refractivity contribution in [3.05, 3.63) is 90.8 Å². The zero-order valence-electron chi connectivity index (χ0n) is 15.7. The van der Waals surface area contributed by atoms with Gasteiger partial charge in [0.2, 0.25) is 0 Å². The molecule has 5 rings (SSSR count). The fourth-order valence-electron chi connectivity index (χ4n) is 3.58. The van der Waals surface area contributed by atoms with Crippen molar-refractivity contribution in [3.63, 3.8) is 0 Å². The molecule has 0 radical (unpaired) electrons. The van der Waals surface area contributed by atoms with Gasteiger partial charge in [0.15, 0.2) is 0 Å². The Balaban J connectivity index is 1.80. The summed E-state index contributed by atoms with van der Waals surface area (Å²) in [5, 5.41) is 2.33. The zero-order chi connectivity index (χ0) is 19.8. The van der Waals surface area contributed by atoms with Crippen LogP contribution in [0.4, 0.5) is 0 Å². The quantitative estimate of drug-likeness (QED) is 0.414. The number of esters is 1. The highest BCUT2D eigenvalue weighted by molar-refractivity contribution is 5.92. The molecule has 0 bridgehead atoms. The van der Waals surface area contributed by atoms with E-state index in [1.807, 2.05) is 40.9 Å². The average molecular weight is 379 g/mol. The first-order chi connectivity index (χ1) is 14.2. The number of carbonyl (C=O) groups excluding carboxylic acids is 1. The van der Waals surface area contributed by atoms with Gasteiger partial charge in [-0.15, -0.1) is 0 Å². The van der Waals surface area contributed by atoms with Crippen LogP contribution in [0.25, 0.3) is 39.1 Å². The maximum absolute atomic E-state index is 12.0. The Morgan fingerprint density at radius 2 is 1.76 bits per heavy atom. The Morgan fingerprint density at radius 1 is 0.931 bits per heavy atom. The maximum atomic E-state index is 12.0. The van der Waals surface area contributed by atoms with Crippen LogP contribution in [0, 0.1) is 0 Å². The number of carbonyl (C=O) groups is 1. The standard InChI is InChI=1S/C24H17N3O2/c1-29-24(28)19-11-13-27-21(15-19)26-22(20-8-4-5-12-25-20)23(27)18-10-9-16-6-2-3-7-17(16)14-18/h2-15H,1H3. The Morgan fingerprint density at radius 3 is 2.55 bits per heavy atom. The minimum Gasteiger partial charge on any atom is -0.465 e. The zero-order valence-corrected chi connectivity index (χ0v) is 15.7. The van der Waals surface area contributed by atoms with Gasteiger partial charge in [-0.1, -0.05) is 42.5 Å². The molecule has 0 aliphatic carbocycles. The van der Waals surface area contributed by atoms with Gasteiger partial charge < -0.3 is 4.74 Å². The summed E-state index contributed by atoms with van der Waals surface area (Å²) in [6.07, 6.45) is 3.61. The van der Waals surface area contributed by atoms with Crippen LogP contribution < -0.4 is 0 Å². The van der Waals surface area contributed by atoms with Gasteiger partial charge in [-0.3, -0.25) is 9.38 Å². The third-order valence-corrected chi connectivity index (χ3v) is 4.98. The summed E-state index contributed by atoms with van der Waals surface area (Å²) in [7, 11) is 1.37. The van der Waals surface area contributed by atoms with E-state index >= 15 is 0 Å². The summed E-state index contributed by atoms with van der Waals surface area (Å²) >= 11 is 0. The minimum atomic E-state index is -0.387. The molecule has 3 aromatic heterocycles. The normalized spacial score (nSPS) is 11.1. The van der Waals surface area contributed by atoms with E-state index < -0.39 is 0 Å². The summed E-state index contributed by atoms with van der Waals surface area (Å²) < 4.78 is 6.84. The Hall–Kier alpha value is -3.99. The number of pyridine rings is 2. The Kier molecular flexibility index (Phi) is 4.06. The van der Waals surface area contributed by atoms with E-state index in [0.29, 0.717) is 11.2 Å². The molecule has 0 N–H and O–H groups in total. The summed E-state index contributed by atoms with van der Waals surface area (Å²) in [5.41, 5.74) is 4.63. The van der Waals surface area contributed by atoms with Gasteiger partial charge in [-0.2, -0.15) is 0 Å². The van der Waals surface area contributed by atoms with Crippen molar-refractivity contribution in [1.29, 1.82) is 0 Å². The van der Waals surface area contributed by atoms with Crippen molar-refractivity contribution in [2.24, 2.45) is 0 Å². The number of hydrogen-bond donors (Lipinski definition) is 0. The first-order valence-corrected chi connectivity index (χ1v) is 9.25. The first kappa shape index (κ1) is 17.1. The van der Waals surface area contributed by atoms with Gasteiger partial charge in [0.1, 0.15) is 11.3 Å². The fourth-order valence-corrected chi connectivity index (χ4v) is 3.58. The third-order valence-electron chi connectivity index (χ3n) is 4.98. The third kappa shape index (κ3) is 2.93. The van der Waals surface area contributed by atoms with E-state index in [1.54, 1.807) is 18.3 Å². The number of benzene rings is 2. The van der Waals surface area contributed by atoms with Gasteiger partial charge in [-0.25, -0.2) is 9.78 Å². The lowest BCUT2D eigenvalue weighted by molar-refractivity contribution is 0.0600. The second-order valence-electron chi connectivity index (χ2n) is 6.72. The number of methoxy groups -OCH3 is 1. The molecule has 5 nitrogen and oxygen atoms in total. The predicted molar refractivity (Wildman–Crippen MR) is 113 cm³/mol. The monoisotopic (exact) mass is 379 g/mol. The highest BCUT2D eigenvalue weighted by Crippen LogP contribution is 2.33. The molecule has 140 valence electrons. The molecule has 0 spiro atoms. The summed E-state index contributed by atoms with van der Waals surface area (Å²) in [6, 6.07) is 23.8. The van der Waals surface area contributed by atoms with Crippen molar-refractivity contribution in [2.75, 3.05) is 7.11 Å². The maximum Gasteiger partial charge on any atom is 0.338 e. The molecule has 3 heterocycles. The van der Waals surface area contributed by atoms with Crippen LogP contribution in [0.5, 0.6) is 0 Å². The number of nitrogens with zero attached hydrogens (tertiary/aromatic N) is 3. The number of imidazole rings is 1. The van der Waals surface area contributed by atoms with E-state index in [1.165, 1.54) is 12.5 Å². The lowest BCUT2D eigenvalue weighted by Gasteiger charge is -2.08. The number of hydrogen-bond acceptors (Lipinski definition) is 4. The van der Waals surface area contributed by atoms with E-state index in [4.69, 9.17) is 9.72 Å². The highest BCUT2D eigenvalue weighted by Gasteiger charge is 2.18. The molecule has 0 fully saturated rings. The summed E-state index contributed by atoms with van der Waals surface area (Å²) in [4.78, 5) is 21.3. The topological polar surface area (TPSA) is 56.5 Å². The average Bonchev–Trinajstić information content (AvgIpc) is 3.17. The molecule has 5 heteroatoms. The second-order valence-corrected chi connectivity index (χ2v) is 6.72. The molecule has 5 aromatic rings. The van der Waals surface area contributed by atoms with E-state index in [2.05, 4.69) is 35.3 Å². The summed E-state index contributed by atoms with van der Waals surface area (Å²) in [6.45, 7) is 0. The number of ether oxygens (including phenoxy) is 1. The minimum absolute atomic E-state index is 0.387. The van der Waals surface area contributed by atoms with Crippen molar-refractivity contribution < 1.29 is 9.53 Å². The molecule has 0 amide bonds. The van der Waals surface area contributed by atoms with Crippen LogP contribution in [0.3, 0.4) is 0 Å². The highest BCUT2D eigenvalue weighted by atomic mass is 16.5. The number of rotatable bonds is 3. The molecular weight excluding hydrogens is 362 g/mol. The van der Waals surface area contributed by atoms with Crippen LogP contribution in [-0.2, 0) is 4.74 Å².